The molecule has 0 saturated heterocycles. The fraction of sp³-hybridized carbons (Fsp3) is 0.462. The van der Waals surface area contributed by atoms with Crippen molar-refractivity contribution in [2.75, 3.05) is 6.61 Å². The Balaban J connectivity index is 3.16. The number of rotatable bonds is 4. The van der Waals surface area contributed by atoms with Crippen molar-refractivity contribution in [3.8, 4) is 5.75 Å². The first-order valence-electron chi connectivity index (χ1n) is 5.40. The zero-order chi connectivity index (χ0) is 12.3. The molecule has 1 unspecified atom stereocenters. The van der Waals surface area contributed by atoms with Crippen molar-refractivity contribution in [2.24, 2.45) is 0 Å². The zero-order valence-electron chi connectivity index (χ0n) is 10.1. The highest BCUT2D eigenvalue weighted by atomic mass is 35.5. The van der Waals surface area contributed by atoms with Crippen LogP contribution >= 0.6 is 11.6 Å². The molecule has 0 aromatic heterocycles. The van der Waals surface area contributed by atoms with E-state index in [1.54, 1.807) is 13.0 Å². The Morgan fingerprint density at radius 1 is 1.38 bits per heavy atom. The molecule has 0 aliphatic carbocycles. The van der Waals surface area contributed by atoms with Gasteiger partial charge in [-0.15, -0.1) is 11.6 Å². The molecule has 0 amide bonds. The normalized spacial score (nSPS) is 12.3. The highest BCUT2D eigenvalue weighted by Crippen LogP contribution is 2.25. The quantitative estimate of drug-likeness (QED) is 0.595. The second-order valence-corrected chi connectivity index (χ2v) is 4.43. The molecular weight excluding hydrogens is 224 g/mol. The van der Waals surface area contributed by atoms with Crippen LogP contribution in [0.25, 0.3) is 0 Å². The van der Waals surface area contributed by atoms with Crippen molar-refractivity contribution in [3.63, 3.8) is 0 Å². The number of carbonyl (C=O) groups is 1. The summed E-state index contributed by atoms with van der Waals surface area (Å²) < 4.78 is 5.47. The molecule has 1 rings (SSSR count). The second kappa shape index (κ2) is 5.35. The summed E-state index contributed by atoms with van der Waals surface area (Å²) in [4.78, 5) is 11.8. The van der Waals surface area contributed by atoms with Gasteiger partial charge in [-0.3, -0.25) is 4.79 Å². The number of halogens is 1. The summed E-state index contributed by atoms with van der Waals surface area (Å²) in [5.74, 6) is 0.795. The molecule has 0 saturated carbocycles. The first-order valence-corrected chi connectivity index (χ1v) is 5.84. The van der Waals surface area contributed by atoms with Crippen LogP contribution in [0.4, 0.5) is 0 Å². The van der Waals surface area contributed by atoms with Gasteiger partial charge in [-0.1, -0.05) is 0 Å². The van der Waals surface area contributed by atoms with Crippen LogP contribution in [-0.4, -0.2) is 17.8 Å². The van der Waals surface area contributed by atoms with Gasteiger partial charge in [0.1, 0.15) is 5.75 Å². The van der Waals surface area contributed by atoms with E-state index in [0.29, 0.717) is 12.2 Å². The van der Waals surface area contributed by atoms with Gasteiger partial charge in [-0.25, -0.2) is 0 Å². The minimum absolute atomic E-state index is 0.0367. The predicted octanol–water partition coefficient (Wildman–Crippen LogP) is 3.51. The lowest BCUT2D eigenvalue weighted by Crippen LogP contribution is -2.13. The maximum atomic E-state index is 11.8. The van der Waals surface area contributed by atoms with E-state index in [-0.39, 0.29) is 5.78 Å². The molecular formula is C13H17ClO2. The molecule has 0 fully saturated rings. The van der Waals surface area contributed by atoms with Crippen LogP contribution in [0.5, 0.6) is 5.75 Å². The third-order valence-corrected chi connectivity index (χ3v) is 2.86. The first-order chi connectivity index (χ1) is 7.49. The Bertz CT molecular complexity index is 397. The molecule has 0 spiro atoms. The van der Waals surface area contributed by atoms with Gasteiger partial charge < -0.3 is 4.74 Å². The van der Waals surface area contributed by atoms with Gasteiger partial charge in [0.05, 0.1) is 12.0 Å². The van der Waals surface area contributed by atoms with Gasteiger partial charge in [-0.2, -0.15) is 0 Å². The summed E-state index contributed by atoms with van der Waals surface area (Å²) in [5.41, 5.74) is 2.64. The van der Waals surface area contributed by atoms with Crippen LogP contribution in [0.2, 0.25) is 0 Å². The number of benzene rings is 1. The van der Waals surface area contributed by atoms with Gasteiger partial charge in [-0.05, 0) is 51.0 Å². The molecule has 0 N–H and O–H groups in total. The fourth-order valence-electron chi connectivity index (χ4n) is 1.59. The number of hydrogen-bond donors (Lipinski definition) is 0. The molecule has 88 valence electrons. The van der Waals surface area contributed by atoms with E-state index in [2.05, 4.69) is 0 Å². The van der Waals surface area contributed by atoms with Crippen molar-refractivity contribution < 1.29 is 9.53 Å². The molecule has 0 bridgehead atoms. The molecule has 1 aromatic rings. The average molecular weight is 241 g/mol. The Morgan fingerprint density at radius 3 is 2.50 bits per heavy atom. The second-order valence-electron chi connectivity index (χ2n) is 3.77. The number of ketones is 1. The van der Waals surface area contributed by atoms with Crippen molar-refractivity contribution in [3.05, 3.63) is 28.8 Å². The van der Waals surface area contributed by atoms with Crippen molar-refractivity contribution in [2.45, 2.75) is 33.1 Å². The molecule has 0 heterocycles. The van der Waals surface area contributed by atoms with E-state index in [9.17, 15) is 4.79 Å². The third-order valence-electron chi connectivity index (χ3n) is 2.66. The van der Waals surface area contributed by atoms with Gasteiger partial charge in [0.2, 0.25) is 0 Å². The number of alkyl halides is 1. The maximum absolute atomic E-state index is 11.8. The van der Waals surface area contributed by atoms with Crippen molar-refractivity contribution in [1.82, 2.24) is 0 Å². The Kier molecular flexibility index (Phi) is 4.36. The molecule has 0 aliphatic rings. The molecule has 3 heteroatoms. The summed E-state index contributed by atoms with van der Waals surface area (Å²) in [6.07, 6.45) is 0. The number of Topliss-reactive ketones (excluding diaryl/α,β-unsaturated/α-hetero) is 1. The van der Waals surface area contributed by atoms with Crippen molar-refractivity contribution >= 4 is 17.4 Å². The summed E-state index contributed by atoms with van der Waals surface area (Å²) >= 11 is 5.81. The molecule has 1 aromatic carbocycles. The fourth-order valence-corrected chi connectivity index (χ4v) is 1.71. The van der Waals surface area contributed by atoms with Gasteiger partial charge >= 0.3 is 0 Å². The largest absolute Gasteiger partial charge is 0.494 e. The van der Waals surface area contributed by atoms with Gasteiger partial charge in [0, 0.05) is 5.56 Å². The zero-order valence-corrected chi connectivity index (χ0v) is 10.9. The van der Waals surface area contributed by atoms with Gasteiger partial charge in [0.15, 0.2) is 5.78 Å². The molecule has 2 nitrogen and oxygen atoms in total. The maximum Gasteiger partial charge on any atom is 0.180 e. The van der Waals surface area contributed by atoms with Crippen LogP contribution in [0, 0.1) is 13.8 Å². The van der Waals surface area contributed by atoms with Crippen LogP contribution < -0.4 is 4.74 Å². The summed E-state index contributed by atoms with van der Waals surface area (Å²) in [6, 6.07) is 3.62. The van der Waals surface area contributed by atoms with Gasteiger partial charge in [0.25, 0.3) is 0 Å². The first kappa shape index (κ1) is 13.0. The number of ether oxygens (including phenoxy) is 1. The van der Waals surface area contributed by atoms with E-state index in [4.69, 9.17) is 16.3 Å². The number of hydrogen-bond acceptors (Lipinski definition) is 2. The highest BCUT2D eigenvalue weighted by molar-refractivity contribution is 6.33. The van der Waals surface area contributed by atoms with Crippen LogP contribution in [0.3, 0.4) is 0 Å². The Labute approximate surface area is 102 Å². The van der Waals surface area contributed by atoms with Crippen LogP contribution in [0.1, 0.15) is 35.3 Å². The minimum Gasteiger partial charge on any atom is -0.494 e. The van der Waals surface area contributed by atoms with Crippen LogP contribution in [-0.2, 0) is 0 Å². The lowest BCUT2D eigenvalue weighted by Gasteiger charge is -2.13. The summed E-state index contributed by atoms with van der Waals surface area (Å²) in [7, 11) is 0. The topological polar surface area (TPSA) is 26.3 Å². The highest BCUT2D eigenvalue weighted by Gasteiger charge is 2.17. The van der Waals surface area contributed by atoms with Crippen LogP contribution in [0.15, 0.2) is 12.1 Å². The smallest absolute Gasteiger partial charge is 0.180 e. The monoisotopic (exact) mass is 240 g/mol. The molecule has 1 atom stereocenters. The number of carbonyl (C=O) groups excluding carboxylic acids is 1. The Morgan fingerprint density at radius 2 is 2.00 bits per heavy atom. The van der Waals surface area contributed by atoms with E-state index < -0.39 is 5.38 Å². The third kappa shape index (κ3) is 2.56. The van der Waals surface area contributed by atoms with E-state index in [1.165, 1.54) is 0 Å². The SMILES string of the molecule is CCOc1ccc(C(=O)C(C)Cl)c(C)c1C. The predicted molar refractivity (Wildman–Crippen MR) is 66.7 cm³/mol. The van der Waals surface area contributed by atoms with E-state index in [1.807, 2.05) is 26.8 Å². The van der Waals surface area contributed by atoms with E-state index in [0.717, 1.165) is 16.9 Å². The summed E-state index contributed by atoms with van der Waals surface area (Å²) in [6.45, 7) is 8.13. The average Bonchev–Trinajstić information content (AvgIpc) is 2.24. The molecule has 0 aliphatic heterocycles. The lowest BCUT2D eigenvalue weighted by molar-refractivity contribution is 0.0991. The minimum atomic E-state index is -0.490. The standard InChI is InChI=1S/C13H17ClO2/c1-5-16-12-7-6-11(8(2)9(12)3)13(15)10(4)14/h6-7,10H,5H2,1-4H3. The molecule has 16 heavy (non-hydrogen) atoms. The van der Waals surface area contributed by atoms with Crippen molar-refractivity contribution in [1.29, 1.82) is 0 Å². The molecule has 0 radical (unpaired) electrons. The summed E-state index contributed by atoms with van der Waals surface area (Å²) in [5, 5.41) is -0.490. The van der Waals surface area contributed by atoms with E-state index >= 15 is 0 Å². The lowest BCUT2D eigenvalue weighted by atomic mass is 9.98. The Hall–Kier alpha value is -1.02.